The van der Waals surface area contributed by atoms with Crippen molar-refractivity contribution in [2.24, 2.45) is 0 Å². The van der Waals surface area contributed by atoms with E-state index in [0.717, 1.165) is 51.4 Å². The summed E-state index contributed by atoms with van der Waals surface area (Å²) >= 11 is 0. The first kappa shape index (κ1) is 57.9. The number of allylic oxidation sites excluding steroid dienone is 6. The monoisotopic (exact) mass is 901 g/mol. The molecule has 1 rings (SSSR count). The third-order valence-electron chi connectivity index (χ3n) is 11.2. The highest BCUT2D eigenvalue weighted by atomic mass is 32.2. The molecule has 0 bridgehead atoms. The zero-order valence-corrected chi connectivity index (χ0v) is 39.5. The number of carbonyl (C=O) groups is 2. The van der Waals surface area contributed by atoms with E-state index in [-0.39, 0.29) is 19.4 Å². The summed E-state index contributed by atoms with van der Waals surface area (Å²) in [5, 5.41) is 30.9. The third-order valence-corrected chi connectivity index (χ3v) is 12.0. The van der Waals surface area contributed by atoms with Crippen molar-refractivity contribution in [2.45, 2.75) is 243 Å². The highest BCUT2D eigenvalue weighted by molar-refractivity contribution is 7.85. The van der Waals surface area contributed by atoms with Crippen LogP contribution in [-0.4, -0.2) is 96.0 Å². The zero-order valence-electron chi connectivity index (χ0n) is 38.7. The van der Waals surface area contributed by atoms with Gasteiger partial charge in [-0.25, -0.2) is 0 Å². The first-order valence-corrected chi connectivity index (χ1v) is 26.2. The zero-order chi connectivity index (χ0) is 45.5. The molecule has 0 aliphatic carbocycles. The van der Waals surface area contributed by atoms with Gasteiger partial charge in [0, 0.05) is 12.8 Å². The number of hydrogen-bond acceptors (Lipinski definition) is 11. The van der Waals surface area contributed by atoms with E-state index in [1.54, 1.807) is 0 Å². The van der Waals surface area contributed by atoms with Gasteiger partial charge in [-0.2, -0.15) is 8.42 Å². The lowest BCUT2D eigenvalue weighted by Gasteiger charge is -2.40. The summed E-state index contributed by atoms with van der Waals surface area (Å²) in [6.07, 6.45) is 36.2. The number of rotatable bonds is 41. The fourth-order valence-corrected chi connectivity index (χ4v) is 8.08. The maximum atomic E-state index is 12.8. The second-order valence-corrected chi connectivity index (χ2v) is 18.6. The van der Waals surface area contributed by atoms with Gasteiger partial charge in [0.1, 0.15) is 36.8 Å². The molecule has 0 saturated carbocycles. The summed E-state index contributed by atoms with van der Waals surface area (Å²) in [4.78, 5) is 25.4. The van der Waals surface area contributed by atoms with Crippen LogP contribution >= 0.6 is 0 Å². The molecule has 13 heteroatoms. The first-order chi connectivity index (χ1) is 30.0. The molecule has 0 aromatic carbocycles. The largest absolute Gasteiger partial charge is 0.462 e. The van der Waals surface area contributed by atoms with Crippen molar-refractivity contribution < 1.29 is 56.8 Å². The maximum Gasteiger partial charge on any atom is 0.306 e. The average molecular weight is 901 g/mol. The minimum atomic E-state index is -4.61. The Bertz CT molecular complexity index is 1290. The molecule has 1 fully saturated rings. The van der Waals surface area contributed by atoms with Crippen molar-refractivity contribution in [3.8, 4) is 0 Å². The van der Waals surface area contributed by atoms with Gasteiger partial charge in [0.05, 0.1) is 6.61 Å². The fraction of sp³-hybridized carbons (Fsp3) is 0.837. The number of aliphatic hydroxyl groups is 3. The van der Waals surface area contributed by atoms with Gasteiger partial charge in [-0.05, 0) is 51.4 Å². The van der Waals surface area contributed by atoms with Gasteiger partial charge >= 0.3 is 11.9 Å². The number of hydrogen-bond donors (Lipinski definition) is 4. The molecule has 1 aliphatic heterocycles. The Balaban J connectivity index is 2.41. The minimum Gasteiger partial charge on any atom is -0.462 e. The minimum absolute atomic E-state index is 0.117. The molecule has 0 radical (unpaired) electrons. The molecule has 0 aromatic heterocycles. The molecule has 4 N–H and O–H groups in total. The Morgan fingerprint density at radius 2 is 0.968 bits per heavy atom. The molecule has 6 atom stereocenters. The molecule has 0 amide bonds. The molecule has 12 nitrogen and oxygen atoms in total. The van der Waals surface area contributed by atoms with Crippen molar-refractivity contribution in [2.75, 3.05) is 19.0 Å². The molecule has 1 saturated heterocycles. The van der Waals surface area contributed by atoms with E-state index in [9.17, 15) is 37.9 Å². The van der Waals surface area contributed by atoms with E-state index in [4.69, 9.17) is 18.9 Å². The van der Waals surface area contributed by atoms with Crippen LogP contribution in [0.1, 0.15) is 206 Å². The molecule has 1 heterocycles. The van der Waals surface area contributed by atoms with E-state index in [2.05, 4.69) is 50.3 Å². The van der Waals surface area contributed by atoms with Gasteiger partial charge in [0.25, 0.3) is 10.1 Å². The van der Waals surface area contributed by atoms with Crippen LogP contribution in [0.2, 0.25) is 0 Å². The van der Waals surface area contributed by atoms with Crippen LogP contribution in [-0.2, 0) is 38.7 Å². The Morgan fingerprint density at radius 1 is 0.548 bits per heavy atom. The summed E-state index contributed by atoms with van der Waals surface area (Å²) in [5.74, 6) is -2.03. The Morgan fingerprint density at radius 3 is 1.47 bits per heavy atom. The second-order valence-electron chi connectivity index (χ2n) is 17.1. The molecular weight excluding hydrogens is 813 g/mol. The van der Waals surface area contributed by atoms with Gasteiger partial charge in [-0.1, -0.05) is 179 Å². The molecule has 62 heavy (non-hydrogen) atoms. The van der Waals surface area contributed by atoms with E-state index in [1.165, 1.54) is 116 Å². The topological polar surface area (TPSA) is 186 Å². The second kappa shape index (κ2) is 39.3. The van der Waals surface area contributed by atoms with Gasteiger partial charge in [0.15, 0.2) is 12.4 Å². The lowest BCUT2D eigenvalue weighted by atomic mass is 10.00. The van der Waals surface area contributed by atoms with E-state index >= 15 is 0 Å². The number of ether oxygens (including phenoxy) is 4. The lowest BCUT2D eigenvalue weighted by Crippen LogP contribution is -2.60. The summed E-state index contributed by atoms with van der Waals surface area (Å²) in [7, 11) is -4.61. The van der Waals surface area contributed by atoms with E-state index < -0.39 is 71.2 Å². The van der Waals surface area contributed by atoms with Crippen LogP contribution in [0.4, 0.5) is 0 Å². The van der Waals surface area contributed by atoms with Gasteiger partial charge in [0.2, 0.25) is 0 Å². The quantitative estimate of drug-likeness (QED) is 0.0197. The van der Waals surface area contributed by atoms with Gasteiger partial charge < -0.3 is 34.3 Å². The van der Waals surface area contributed by atoms with Crippen LogP contribution in [0.3, 0.4) is 0 Å². The summed E-state index contributed by atoms with van der Waals surface area (Å²) in [6, 6.07) is 0. The molecular formula is C49H88O12S. The van der Waals surface area contributed by atoms with E-state index in [0.29, 0.717) is 12.8 Å². The van der Waals surface area contributed by atoms with Crippen LogP contribution in [0.5, 0.6) is 0 Å². The Hall–Kier alpha value is -2.13. The van der Waals surface area contributed by atoms with Crippen LogP contribution in [0.25, 0.3) is 0 Å². The lowest BCUT2D eigenvalue weighted by molar-refractivity contribution is -0.297. The van der Waals surface area contributed by atoms with Gasteiger partial charge in [-0.3, -0.25) is 14.1 Å². The van der Waals surface area contributed by atoms with Crippen LogP contribution in [0.15, 0.2) is 36.5 Å². The van der Waals surface area contributed by atoms with Crippen molar-refractivity contribution >= 4 is 22.1 Å². The normalized spacial score (nSPS) is 20.1. The first-order valence-electron chi connectivity index (χ1n) is 24.5. The Kier molecular flexibility index (Phi) is 36.6. The van der Waals surface area contributed by atoms with Crippen molar-refractivity contribution in [1.82, 2.24) is 0 Å². The predicted molar refractivity (Wildman–Crippen MR) is 247 cm³/mol. The standard InChI is InChI=1S/C49H88O12S/c1-3-5-7-9-11-13-15-17-19-20-21-22-24-25-27-29-31-33-35-37-44(50)58-39-42(40-59-49-48(54)47(53)46(52)43(61-49)41-62(55,56)57)60-45(51)38-36-34-32-30-28-26-23-18-16-14-12-10-8-6-4-2/h12,14,18,23,28,30,42-43,46-49,52-54H,3-11,13,15-17,19-22,24-27,29,31-41H2,1-2H3,(H,55,56,57)/b14-12+,23-18+,30-28+/t42-,43-,46-,47?,48?,49+/m1/s1. The number of carbonyl (C=O) groups excluding carboxylic acids is 2. The summed E-state index contributed by atoms with van der Waals surface area (Å²) in [5.41, 5.74) is 0. The SMILES string of the molecule is CCCCC/C=C/C/C=C/C/C=C/CCCCC(=O)O[C@H](COC(=O)CCCCCCCCCCCCCCCCCCCCC)CO[C@H]1O[C@H](CS(=O)(=O)O)[C@@H](O)C(O)C1O. The highest BCUT2D eigenvalue weighted by Crippen LogP contribution is 2.24. The molecule has 0 spiro atoms. The summed E-state index contributed by atoms with van der Waals surface area (Å²) in [6.45, 7) is 3.72. The van der Waals surface area contributed by atoms with Crippen molar-refractivity contribution in [3.63, 3.8) is 0 Å². The fourth-order valence-electron chi connectivity index (χ4n) is 7.39. The Labute approximate surface area is 376 Å². The smallest absolute Gasteiger partial charge is 0.306 e. The van der Waals surface area contributed by atoms with Crippen molar-refractivity contribution in [1.29, 1.82) is 0 Å². The van der Waals surface area contributed by atoms with Crippen LogP contribution in [0, 0.1) is 0 Å². The summed E-state index contributed by atoms with van der Waals surface area (Å²) < 4.78 is 54.1. The van der Waals surface area contributed by atoms with Gasteiger partial charge in [-0.15, -0.1) is 0 Å². The molecule has 1 aliphatic rings. The van der Waals surface area contributed by atoms with Crippen LogP contribution < -0.4 is 0 Å². The van der Waals surface area contributed by atoms with Crippen molar-refractivity contribution in [3.05, 3.63) is 36.5 Å². The molecule has 0 aromatic rings. The molecule has 362 valence electrons. The highest BCUT2D eigenvalue weighted by Gasteiger charge is 2.46. The predicted octanol–water partition coefficient (Wildman–Crippen LogP) is 10.6. The van der Waals surface area contributed by atoms with E-state index in [1.807, 2.05) is 0 Å². The number of aliphatic hydroxyl groups excluding tert-OH is 3. The molecule has 2 unspecified atom stereocenters. The third kappa shape index (κ3) is 33.4. The number of esters is 2. The maximum absolute atomic E-state index is 12.8. The average Bonchev–Trinajstić information content (AvgIpc) is 3.24. The number of unbranched alkanes of at least 4 members (excludes halogenated alkanes) is 23.